The molecule has 5 heteroatoms. The van der Waals surface area contributed by atoms with E-state index in [9.17, 15) is 4.79 Å². The minimum absolute atomic E-state index is 0.110. The lowest BCUT2D eigenvalue weighted by Gasteiger charge is -2.31. The van der Waals surface area contributed by atoms with Crippen LogP contribution in [0.1, 0.15) is 19.3 Å². The third-order valence-electron chi connectivity index (χ3n) is 3.15. The van der Waals surface area contributed by atoms with Crippen molar-refractivity contribution in [2.24, 2.45) is 11.7 Å². The first-order chi connectivity index (χ1) is 8.26. The highest BCUT2D eigenvalue weighted by Crippen LogP contribution is 2.14. The van der Waals surface area contributed by atoms with E-state index in [-0.39, 0.29) is 5.91 Å². The number of nitrogens with zero attached hydrogens (tertiary/aromatic N) is 1. The maximum atomic E-state index is 11.6. The molecule has 0 bridgehead atoms. The maximum absolute atomic E-state index is 11.6. The van der Waals surface area contributed by atoms with Crippen LogP contribution in [0.4, 0.5) is 0 Å². The lowest BCUT2D eigenvalue weighted by atomic mass is 9.98. The first-order valence-corrected chi connectivity index (χ1v) is 6.44. The molecule has 0 aromatic heterocycles. The number of carbonyl (C=O) groups is 1. The molecule has 1 aliphatic rings. The van der Waals surface area contributed by atoms with Gasteiger partial charge in [0.25, 0.3) is 0 Å². The second-order valence-corrected chi connectivity index (χ2v) is 4.68. The molecule has 1 aliphatic heterocycles. The Morgan fingerprint density at radius 1 is 1.59 bits per heavy atom. The van der Waals surface area contributed by atoms with Crippen LogP contribution >= 0.6 is 0 Å². The fraction of sp³-hybridized carbons (Fsp3) is 0.917. The molecule has 1 rings (SSSR count). The summed E-state index contributed by atoms with van der Waals surface area (Å²) in [4.78, 5) is 13.8. The summed E-state index contributed by atoms with van der Waals surface area (Å²) in [5, 5.41) is 2.91. The van der Waals surface area contributed by atoms with E-state index < -0.39 is 0 Å². The van der Waals surface area contributed by atoms with E-state index in [0.717, 1.165) is 32.5 Å². The van der Waals surface area contributed by atoms with Gasteiger partial charge in [-0.2, -0.15) is 0 Å². The molecule has 1 fully saturated rings. The first-order valence-electron chi connectivity index (χ1n) is 6.44. The van der Waals surface area contributed by atoms with Crippen molar-refractivity contribution in [3.05, 3.63) is 0 Å². The number of nitrogens with two attached hydrogens (primary N) is 1. The zero-order valence-corrected chi connectivity index (χ0v) is 10.8. The van der Waals surface area contributed by atoms with Crippen molar-refractivity contribution in [2.75, 3.05) is 46.4 Å². The molecule has 3 N–H and O–H groups in total. The van der Waals surface area contributed by atoms with E-state index in [1.54, 1.807) is 7.11 Å². The Morgan fingerprint density at radius 3 is 3.12 bits per heavy atom. The van der Waals surface area contributed by atoms with Gasteiger partial charge in [-0.05, 0) is 38.3 Å². The van der Waals surface area contributed by atoms with Crippen LogP contribution in [0.5, 0.6) is 0 Å². The Hall–Kier alpha value is -0.650. The molecule has 1 heterocycles. The van der Waals surface area contributed by atoms with Crippen LogP contribution in [0.15, 0.2) is 0 Å². The van der Waals surface area contributed by atoms with Crippen LogP contribution in [0.3, 0.4) is 0 Å². The summed E-state index contributed by atoms with van der Waals surface area (Å²) in [7, 11) is 1.67. The number of hydrogen-bond donors (Lipinski definition) is 2. The summed E-state index contributed by atoms with van der Waals surface area (Å²) in [6, 6.07) is 0. The predicted octanol–water partition coefficient (Wildman–Crippen LogP) is -0.190. The Labute approximate surface area is 104 Å². The third-order valence-corrected chi connectivity index (χ3v) is 3.15. The molecule has 0 aliphatic carbocycles. The lowest BCUT2D eigenvalue weighted by molar-refractivity contribution is -0.122. The average Bonchev–Trinajstić information content (AvgIpc) is 2.35. The van der Waals surface area contributed by atoms with Gasteiger partial charge in [-0.25, -0.2) is 0 Å². The number of piperidine rings is 1. The predicted molar refractivity (Wildman–Crippen MR) is 67.7 cm³/mol. The second-order valence-electron chi connectivity index (χ2n) is 4.68. The number of carbonyl (C=O) groups excluding carboxylic acids is 1. The number of amides is 1. The number of nitrogens with one attached hydrogen (secondary N) is 1. The van der Waals surface area contributed by atoms with Crippen molar-refractivity contribution in [3.8, 4) is 0 Å². The van der Waals surface area contributed by atoms with Crippen molar-refractivity contribution in [2.45, 2.75) is 19.3 Å². The molecule has 0 spiro atoms. The number of rotatable bonds is 7. The van der Waals surface area contributed by atoms with Gasteiger partial charge in [0, 0.05) is 26.8 Å². The highest BCUT2D eigenvalue weighted by Gasteiger charge is 2.20. The zero-order valence-electron chi connectivity index (χ0n) is 10.8. The van der Waals surface area contributed by atoms with Crippen molar-refractivity contribution in [3.63, 3.8) is 0 Å². The molecule has 1 saturated heterocycles. The fourth-order valence-corrected chi connectivity index (χ4v) is 2.19. The minimum atomic E-state index is 0.110. The van der Waals surface area contributed by atoms with Crippen LogP contribution in [0.2, 0.25) is 0 Å². The van der Waals surface area contributed by atoms with Crippen molar-refractivity contribution in [1.82, 2.24) is 10.2 Å². The van der Waals surface area contributed by atoms with Crippen molar-refractivity contribution < 1.29 is 9.53 Å². The SMILES string of the molecule is COCCCNC(=O)CN1CCC[C@@H](CN)C1. The van der Waals surface area contributed by atoms with Gasteiger partial charge in [-0.15, -0.1) is 0 Å². The standard InChI is InChI=1S/C12H25N3O2/c1-17-7-3-5-14-12(16)10-15-6-2-4-11(8-13)9-15/h11H,2-10,13H2,1H3,(H,14,16)/t11-/m0/s1. The summed E-state index contributed by atoms with van der Waals surface area (Å²) in [5.74, 6) is 0.670. The van der Waals surface area contributed by atoms with Gasteiger partial charge in [0.2, 0.25) is 5.91 Å². The summed E-state index contributed by atoms with van der Waals surface area (Å²) in [6.07, 6.45) is 3.22. The summed E-state index contributed by atoms with van der Waals surface area (Å²) in [5.41, 5.74) is 5.67. The lowest BCUT2D eigenvalue weighted by Crippen LogP contribution is -2.44. The monoisotopic (exact) mass is 243 g/mol. The topological polar surface area (TPSA) is 67.6 Å². The van der Waals surface area contributed by atoms with E-state index >= 15 is 0 Å². The van der Waals surface area contributed by atoms with Crippen LogP contribution in [-0.2, 0) is 9.53 Å². The van der Waals surface area contributed by atoms with Crippen LogP contribution < -0.4 is 11.1 Å². The normalized spacial score (nSPS) is 21.4. The summed E-state index contributed by atoms with van der Waals surface area (Å²) < 4.78 is 4.93. The highest BCUT2D eigenvalue weighted by molar-refractivity contribution is 5.77. The molecule has 100 valence electrons. The largest absolute Gasteiger partial charge is 0.385 e. The minimum Gasteiger partial charge on any atom is -0.385 e. The number of hydrogen-bond acceptors (Lipinski definition) is 4. The first kappa shape index (κ1) is 14.4. The Kier molecular flexibility index (Phi) is 7.16. The summed E-state index contributed by atoms with van der Waals surface area (Å²) >= 11 is 0. The van der Waals surface area contributed by atoms with Crippen molar-refractivity contribution >= 4 is 5.91 Å². The smallest absolute Gasteiger partial charge is 0.234 e. The molecule has 0 aromatic rings. The van der Waals surface area contributed by atoms with Gasteiger partial charge in [-0.3, -0.25) is 9.69 Å². The van der Waals surface area contributed by atoms with E-state index in [0.29, 0.717) is 25.6 Å². The summed E-state index contributed by atoms with van der Waals surface area (Å²) in [6.45, 7) is 4.60. The van der Waals surface area contributed by atoms with Gasteiger partial charge in [0.1, 0.15) is 0 Å². The van der Waals surface area contributed by atoms with Gasteiger partial charge in [-0.1, -0.05) is 0 Å². The van der Waals surface area contributed by atoms with Crippen LogP contribution in [0.25, 0.3) is 0 Å². The van der Waals surface area contributed by atoms with Crippen LogP contribution in [-0.4, -0.2) is 57.2 Å². The molecular weight excluding hydrogens is 218 g/mol. The molecule has 0 radical (unpaired) electrons. The number of likely N-dealkylation sites (tertiary alicyclic amines) is 1. The third kappa shape index (κ3) is 6.00. The molecule has 0 unspecified atom stereocenters. The molecule has 0 aromatic carbocycles. The maximum Gasteiger partial charge on any atom is 0.234 e. The van der Waals surface area contributed by atoms with Gasteiger partial charge < -0.3 is 15.8 Å². The molecule has 5 nitrogen and oxygen atoms in total. The van der Waals surface area contributed by atoms with Crippen molar-refractivity contribution in [1.29, 1.82) is 0 Å². The fourth-order valence-electron chi connectivity index (χ4n) is 2.19. The molecule has 0 saturated carbocycles. The molecule has 1 atom stereocenters. The Morgan fingerprint density at radius 2 is 2.41 bits per heavy atom. The zero-order chi connectivity index (χ0) is 12.5. The van der Waals surface area contributed by atoms with E-state index in [4.69, 9.17) is 10.5 Å². The second kappa shape index (κ2) is 8.44. The van der Waals surface area contributed by atoms with Gasteiger partial charge >= 0.3 is 0 Å². The highest BCUT2D eigenvalue weighted by atomic mass is 16.5. The van der Waals surface area contributed by atoms with Gasteiger partial charge in [0.15, 0.2) is 0 Å². The average molecular weight is 243 g/mol. The Balaban J connectivity index is 2.12. The van der Waals surface area contributed by atoms with Crippen LogP contribution in [0, 0.1) is 5.92 Å². The molecular formula is C12H25N3O2. The Bertz CT molecular complexity index is 224. The van der Waals surface area contributed by atoms with E-state index in [2.05, 4.69) is 10.2 Å². The number of ether oxygens (including phenoxy) is 1. The quantitative estimate of drug-likeness (QED) is 0.608. The number of methoxy groups -OCH3 is 1. The van der Waals surface area contributed by atoms with Gasteiger partial charge in [0.05, 0.1) is 6.54 Å². The van der Waals surface area contributed by atoms with E-state index in [1.165, 1.54) is 6.42 Å². The van der Waals surface area contributed by atoms with E-state index in [1.807, 2.05) is 0 Å². The molecule has 17 heavy (non-hydrogen) atoms. The molecule has 1 amide bonds.